The van der Waals surface area contributed by atoms with Gasteiger partial charge in [-0.25, -0.2) is 4.98 Å². The van der Waals surface area contributed by atoms with E-state index in [9.17, 15) is 0 Å². The zero-order chi connectivity index (χ0) is 18.5. The first-order valence-corrected chi connectivity index (χ1v) is 9.82. The van der Waals surface area contributed by atoms with E-state index >= 15 is 0 Å². The van der Waals surface area contributed by atoms with E-state index in [4.69, 9.17) is 19.4 Å². The van der Waals surface area contributed by atoms with Crippen LogP contribution in [-0.2, 0) is 9.47 Å². The number of H-pyrrole nitrogens is 1. The van der Waals surface area contributed by atoms with Crippen molar-refractivity contribution in [2.75, 3.05) is 36.6 Å². The van der Waals surface area contributed by atoms with Crippen molar-refractivity contribution in [3.05, 3.63) is 18.7 Å². The lowest BCUT2D eigenvalue weighted by Crippen LogP contribution is -2.64. The van der Waals surface area contributed by atoms with Crippen LogP contribution in [0.1, 0.15) is 19.3 Å². The third kappa shape index (κ3) is 2.55. The summed E-state index contributed by atoms with van der Waals surface area (Å²) < 4.78 is 12.9. The number of nitrogens with zero attached hydrogens (tertiary/aromatic N) is 6. The molecular weight excluding hydrogens is 360 g/mol. The van der Waals surface area contributed by atoms with Crippen LogP contribution in [0, 0.1) is 0 Å². The minimum Gasteiger partial charge on any atom is -0.381 e. The highest BCUT2D eigenvalue weighted by atomic mass is 16.5. The molecule has 3 saturated heterocycles. The van der Waals surface area contributed by atoms with Gasteiger partial charge >= 0.3 is 0 Å². The molecule has 0 aromatic carbocycles. The fourth-order valence-corrected chi connectivity index (χ4v) is 4.46. The van der Waals surface area contributed by atoms with Gasteiger partial charge in [0.25, 0.3) is 0 Å². The molecule has 0 spiro atoms. The minimum atomic E-state index is 0.340. The van der Waals surface area contributed by atoms with Crippen molar-refractivity contribution in [2.24, 2.45) is 0 Å². The molecule has 0 saturated carbocycles. The van der Waals surface area contributed by atoms with Gasteiger partial charge in [0.05, 0.1) is 31.5 Å². The predicted octanol–water partition coefficient (Wildman–Crippen LogP) is 1.08. The van der Waals surface area contributed by atoms with E-state index < -0.39 is 0 Å². The van der Waals surface area contributed by atoms with E-state index in [1.165, 1.54) is 0 Å². The summed E-state index contributed by atoms with van der Waals surface area (Å²) in [6, 6.07) is 1.06. The second-order valence-corrected chi connectivity index (χ2v) is 7.65. The Morgan fingerprint density at radius 2 is 2.00 bits per heavy atom. The van der Waals surface area contributed by atoms with Crippen LogP contribution in [0.2, 0.25) is 0 Å². The Morgan fingerprint density at radius 1 is 1.14 bits per heavy atom. The zero-order valence-corrected chi connectivity index (χ0v) is 15.4. The molecule has 0 aliphatic carbocycles. The molecule has 28 heavy (non-hydrogen) atoms. The molecule has 6 heterocycles. The van der Waals surface area contributed by atoms with Crippen molar-refractivity contribution in [2.45, 2.75) is 37.4 Å². The molecular formula is C18H22N8O2. The van der Waals surface area contributed by atoms with E-state index in [2.05, 4.69) is 25.5 Å². The molecule has 10 heteroatoms. The average molecular weight is 382 g/mol. The van der Waals surface area contributed by atoms with Crippen LogP contribution in [0.4, 0.5) is 11.6 Å². The summed E-state index contributed by atoms with van der Waals surface area (Å²) in [6.07, 6.45) is 8.48. The largest absolute Gasteiger partial charge is 0.381 e. The van der Waals surface area contributed by atoms with Crippen molar-refractivity contribution in [1.82, 2.24) is 29.8 Å². The van der Waals surface area contributed by atoms with Crippen LogP contribution in [0.5, 0.6) is 0 Å². The number of hydrogen-bond acceptors (Lipinski definition) is 8. The highest BCUT2D eigenvalue weighted by Gasteiger charge is 2.45. The van der Waals surface area contributed by atoms with Gasteiger partial charge in [0, 0.05) is 31.0 Å². The Bertz CT molecular complexity index is 967. The first kappa shape index (κ1) is 16.3. The normalized spacial score (nSPS) is 25.1. The molecule has 146 valence electrons. The van der Waals surface area contributed by atoms with Gasteiger partial charge in [0.15, 0.2) is 5.65 Å². The van der Waals surface area contributed by atoms with Crippen LogP contribution in [0.3, 0.4) is 0 Å². The molecule has 3 aliphatic heterocycles. The number of ether oxygens (including phenoxy) is 2. The van der Waals surface area contributed by atoms with Crippen LogP contribution >= 0.6 is 0 Å². The monoisotopic (exact) mass is 382 g/mol. The van der Waals surface area contributed by atoms with Gasteiger partial charge in [-0.2, -0.15) is 14.6 Å². The number of nitrogens with one attached hydrogen (secondary N) is 2. The number of anilines is 2. The number of morpholine rings is 1. The highest BCUT2D eigenvalue weighted by molar-refractivity contribution is 5.86. The summed E-state index contributed by atoms with van der Waals surface area (Å²) in [4.78, 5) is 12.0. The maximum absolute atomic E-state index is 5.68. The molecule has 3 aliphatic rings. The van der Waals surface area contributed by atoms with E-state index in [1.807, 2.05) is 6.20 Å². The molecule has 2 bridgehead atoms. The summed E-state index contributed by atoms with van der Waals surface area (Å²) in [6.45, 7) is 3.03. The molecule has 0 amide bonds. The van der Waals surface area contributed by atoms with Gasteiger partial charge in [-0.05, 0) is 19.3 Å². The molecule has 0 radical (unpaired) electrons. The molecule has 3 aromatic heterocycles. The van der Waals surface area contributed by atoms with Gasteiger partial charge in [-0.3, -0.25) is 5.10 Å². The summed E-state index contributed by atoms with van der Waals surface area (Å²) in [5.74, 6) is 0.640. The lowest BCUT2D eigenvalue weighted by atomic mass is 9.90. The van der Waals surface area contributed by atoms with E-state index in [0.717, 1.165) is 68.3 Å². The van der Waals surface area contributed by atoms with Crippen molar-refractivity contribution < 1.29 is 9.47 Å². The minimum absolute atomic E-state index is 0.340. The number of aromatic nitrogens is 6. The number of hydrogen-bond donors (Lipinski definition) is 2. The topological polar surface area (TPSA) is 105 Å². The van der Waals surface area contributed by atoms with Gasteiger partial charge in [-0.15, -0.1) is 5.10 Å². The molecule has 3 fully saturated rings. The number of rotatable bonds is 4. The molecule has 2 atom stereocenters. The van der Waals surface area contributed by atoms with Gasteiger partial charge in [-0.1, -0.05) is 0 Å². The third-order valence-corrected chi connectivity index (χ3v) is 5.90. The standard InChI is InChI=1S/C18H22N8O2/c1-3-27-4-2-12(1)22-18-23-17-16(26-13-5-14(26)9-28-8-13)15(11-6-20-21-7-11)19-10-25(17)24-18/h6-7,10,12-14H,1-5,8-9H2,(H,20,21)(H,22,24). The second-order valence-electron chi connectivity index (χ2n) is 7.65. The number of fused-ring (bicyclic) bond motifs is 3. The van der Waals surface area contributed by atoms with Crippen molar-refractivity contribution >= 4 is 17.3 Å². The summed E-state index contributed by atoms with van der Waals surface area (Å²) >= 11 is 0. The van der Waals surface area contributed by atoms with Crippen LogP contribution < -0.4 is 10.2 Å². The Morgan fingerprint density at radius 3 is 2.75 bits per heavy atom. The Labute approximate surface area is 161 Å². The maximum atomic E-state index is 5.68. The van der Waals surface area contributed by atoms with Crippen LogP contribution in [0.15, 0.2) is 18.7 Å². The predicted molar refractivity (Wildman–Crippen MR) is 101 cm³/mol. The van der Waals surface area contributed by atoms with Crippen molar-refractivity contribution in [1.29, 1.82) is 0 Å². The van der Waals surface area contributed by atoms with E-state index in [1.54, 1.807) is 17.0 Å². The van der Waals surface area contributed by atoms with E-state index in [-0.39, 0.29) is 0 Å². The number of aromatic amines is 1. The van der Waals surface area contributed by atoms with Gasteiger partial charge in [0.2, 0.25) is 5.95 Å². The Balaban J connectivity index is 1.44. The van der Waals surface area contributed by atoms with Gasteiger partial charge < -0.3 is 19.7 Å². The summed E-state index contributed by atoms with van der Waals surface area (Å²) in [7, 11) is 0. The highest BCUT2D eigenvalue weighted by Crippen LogP contribution is 2.42. The first-order valence-electron chi connectivity index (χ1n) is 9.82. The lowest BCUT2D eigenvalue weighted by Gasteiger charge is -2.53. The SMILES string of the molecule is c1n[nH]cc1-c1ncn2nc(NC3CCOCC3)nc2c1N1C2COCC1C2. The fraction of sp³-hybridized carbons (Fsp3) is 0.556. The zero-order valence-electron chi connectivity index (χ0n) is 15.4. The maximum Gasteiger partial charge on any atom is 0.243 e. The van der Waals surface area contributed by atoms with Crippen molar-refractivity contribution in [3.8, 4) is 11.3 Å². The molecule has 2 unspecified atom stereocenters. The van der Waals surface area contributed by atoms with E-state index in [0.29, 0.717) is 24.1 Å². The molecule has 3 aromatic rings. The molecule has 6 rings (SSSR count). The first-order chi connectivity index (χ1) is 13.9. The van der Waals surface area contributed by atoms with Gasteiger partial charge in [0.1, 0.15) is 17.7 Å². The second kappa shape index (κ2) is 6.42. The Kier molecular flexibility index (Phi) is 3.73. The molecule has 2 N–H and O–H groups in total. The van der Waals surface area contributed by atoms with Crippen molar-refractivity contribution in [3.63, 3.8) is 0 Å². The third-order valence-electron chi connectivity index (χ3n) is 5.90. The fourth-order valence-electron chi connectivity index (χ4n) is 4.46. The summed E-state index contributed by atoms with van der Waals surface area (Å²) in [5, 5.41) is 15.1. The van der Waals surface area contributed by atoms with Crippen LogP contribution in [0.25, 0.3) is 16.9 Å². The van der Waals surface area contributed by atoms with Crippen LogP contribution in [-0.4, -0.2) is 74.3 Å². The lowest BCUT2D eigenvalue weighted by molar-refractivity contribution is 0.0105. The smallest absolute Gasteiger partial charge is 0.243 e. The quantitative estimate of drug-likeness (QED) is 0.691. The Hall–Kier alpha value is -2.72. The molecule has 10 nitrogen and oxygen atoms in total. The summed E-state index contributed by atoms with van der Waals surface area (Å²) in [5.41, 5.74) is 3.66. The average Bonchev–Trinajstić information content (AvgIpc) is 3.39.